The molecular formula is C18H21N3O. The minimum Gasteiger partial charge on any atom is -0.493 e. The number of rotatable bonds is 4. The molecule has 1 aliphatic heterocycles. The summed E-state index contributed by atoms with van der Waals surface area (Å²) in [5.74, 6) is 1.98. The van der Waals surface area contributed by atoms with Gasteiger partial charge in [0.2, 0.25) is 0 Å². The predicted octanol–water partition coefficient (Wildman–Crippen LogP) is 3.48. The van der Waals surface area contributed by atoms with Crippen molar-refractivity contribution in [2.75, 3.05) is 24.6 Å². The van der Waals surface area contributed by atoms with E-state index in [4.69, 9.17) is 4.74 Å². The molecule has 0 fully saturated rings. The van der Waals surface area contributed by atoms with E-state index in [1.54, 1.807) is 6.33 Å². The van der Waals surface area contributed by atoms with E-state index < -0.39 is 0 Å². The second-order valence-electron chi connectivity index (χ2n) is 5.37. The number of anilines is 1. The summed E-state index contributed by atoms with van der Waals surface area (Å²) in [6.45, 7) is 6.53. The van der Waals surface area contributed by atoms with Crippen LogP contribution < -0.4 is 9.64 Å². The van der Waals surface area contributed by atoms with Gasteiger partial charge in [-0.3, -0.25) is 0 Å². The van der Waals surface area contributed by atoms with E-state index in [1.165, 1.54) is 11.1 Å². The van der Waals surface area contributed by atoms with Crippen LogP contribution in [-0.2, 0) is 0 Å². The van der Waals surface area contributed by atoms with Crippen molar-refractivity contribution in [3.05, 3.63) is 54.0 Å². The Balaban J connectivity index is 1.79. The van der Waals surface area contributed by atoms with Crippen LogP contribution in [0.15, 0.2) is 42.7 Å². The SMILES string of the molecule is CCOc1ccccc1C1=CCN(c2cc(C)ncn2)CC1. The highest BCUT2D eigenvalue weighted by atomic mass is 16.5. The number of nitrogens with zero attached hydrogens (tertiary/aromatic N) is 3. The molecular weight excluding hydrogens is 274 g/mol. The number of ether oxygens (including phenoxy) is 1. The molecule has 0 spiro atoms. The molecule has 0 bridgehead atoms. The molecule has 0 amide bonds. The molecule has 22 heavy (non-hydrogen) atoms. The van der Waals surface area contributed by atoms with Gasteiger partial charge in [0.05, 0.1) is 6.61 Å². The summed E-state index contributed by atoms with van der Waals surface area (Å²) >= 11 is 0. The maximum Gasteiger partial charge on any atom is 0.132 e. The average molecular weight is 295 g/mol. The molecule has 0 saturated heterocycles. The van der Waals surface area contributed by atoms with E-state index >= 15 is 0 Å². The van der Waals surface area contributed by atoms with E-state index in [2.05, 4.69) is 33.1 Å². The number of benzene rings is 1. The molecule has 0 N–H and O–H groups in total. The highest BCUT2D eigenvalue weighted by Crippen LogP contribution is 2.31. The van der Waals surface area contributed by atoms with E-state index in [0.717, 1.165) is 36.8 Å². The first-order valence-electron chi connectivity index (χ1n) is 7.72. The Bertz CT molecular complexity index is 682. The second kappa shape index (κ2) is 6.60. The van der Waals surface area contributed by atoms with Crippen LogP contribution in [0.3, 0.4) is 0 Å². The standard InChI is InChI=1S/C18H21N3O/c1-3-22-17-7-5-4-6-16(17)15-8-10-21(11-9-15)18-12-14(2)19-13-20-18/h4-8,12-13H,3,9-11H2,1-2H3. The minimum atomic E-state index is 0.691. The Hall–Kier alpha value is -2.36. The Kier molecular flexibility index (Phi) is 4.37. The highest BCUT2D eigenvalue weighted by Gasteiger charge is 2.16. The first-order chi connectivity index (χ1) is 10.8. The second-order valence-corrected chi connectivity index (χ2v) is 5.37. The molecule has 0 atom stereocenters. The van der Waals surface area contributed by atoms with Crippen molar-refractivity contribution in [1.82, 2.24) is 9.97 Å². The Morgan fingerprint density at radius 2 is 2.09 bits per heavy atom. The molecule has 1 aromatic carbocycles. The average Bonchev–Trinajstić information content (AvgIpc) is 2.56. The lowest BCUT2D eigenvalue weighted by Gasteiger charge is -2.28. The van der Waals surface area contributed by atoms with Crippen molar-refractivity contribution in [2.24, 2.45) is 0 Å². The number of hydrogen-bond donors (Lipinski definition) is 0. The van der Waals surface area contributed by atoms with Crippen LogP contribution in [0, 0.1) is 6.92 Å². The maximum atomic E-state index is 5.74. The maximum absolute atomic E-state index is 5.74. The lowest BCUT2D eigenvalue weighted by molar-refractivity contribution is 0.339. The van der Waals surface area contributed by atoms with Gasteiger partial charge in [0, 0.05) is 30.4 Å². The van der Waals surface area contributed by atoms with Crippen LogP contribution in [0.25, 0.3) is 5.57 Å². The first-order valence-corrected chi connectivity index (χ1v) is 7.72. The molecule has 3 rings (SSSR count). The minimum absolute atomic E-state index is 0.691. The third kappa shape index (κ3) is 3.11. The monoisotopic (exact) mass is 295 g/mol. The summed E-state index contributed by atoms with van der Waals surface area (Å²) in [6.07, 6.45) is 4.90. The van der Waals surface area contributed by atoms with Crippen LogP contribution in [0.4, 0.5) is 5.82 Å². The van der Waals surface area contributed by atoms with Gasteiger partial charge in [-0.2, -0.15) is 0 Å². The zero-order valence-corrected chi connectivity index (χ0v) is 13.1. The van der Waals surface area contributed by atoms with Gasteiger partial charge in [-0.25, -0.2) is 9.97 Å². The summed E-state index contributed by atoms with van der Waals surface area (Å²) in [5, 5.41) is 0. The largest absolute Gasteiger partial charge is 0.493 e. The molecule has 0 radical (unpaired) electrons. The molecule has 1 aromatic heterocycles. The van der Waals surface area contributed by atoms with Gasteiger partial charge in [0.15, 0.2) is 0 Å². The summed E-state index contributed by atoms with van der Waals surface area (Å²) in [7, 11) is 0. The third-order valence-electron chi connectivity index (χ3n) is 3.86. The lowest BCUT2D eigenvalue weighted by Crippen LogP contribution is -2.29. The van der Waals surface area contributed by atoms with Crippen molar-refractivity contribution >= 4 is 11.4 Å². The normalized spacial score (nSPS) is 14.6. The molecule has 4 nitrogen and oxygen atoms in total. The fraction of sp³-hybridized carbons (Fsp3) is 0.333. The van der Waals surface area contributed by atoms with Gasteiger partial charge >= 0.3 is 0 Å². The predicted molar refractivity (Wildman–Crippen MR) is 89.2 cm³/mol. The fourth-order valence-corrected chi connectivity index (χ4v) is 2.75. The Morgan fingerprint density at radius 3 is 2.82 bits per heavy atom. The number of aromatic nitrogens is 2. The van der Waals surface area contributed by atoms with Crippen LogP contribution in [-0.4, -0.2) is 29.7 Å². The van der Waals surface area contributed by atoms with Crippen molar-refractivity contribution in [3.8, 4) is 5.75 Å². The van der Waals surface area contributed by atoms with Crippen molar-refractivity contribution in [1.29, 1.82) is 0 Å². The van der Waals surface area contributed by atoms with Crippen molar-refractivity contribution in [2.45, 2.75) is 20.3 Å². The molecule has 4 heteroatoms. The van der Waals surface area contributed by atoms with Gasteiger partial charge in [-0.05, 0) is 31.9 Å². The topological polar surface area (TPSA) is 38.2 Å². The van der Waals surface area contributed by atoms with Crippen LogP contribution in [0.5, 0.6) is 5.75 Å². The summed E-state index contributed by atoms with van der Waals surface area (Å²) < 4.78 is 5.74. The van der Waals surface area contributed by atoms with Crippen LogP contribution >= 0.6 is 0 Å². The molecule has 0 saturated carbocycles. The number of hydrogen-bond acceptors (Lipinski definition) is 4. The van der Waals surface area contributed by atoms with Gasteiger partial charge in [-0.15, -0.1) is 0 Å². The molecule has 0 unspecified atom stereocenters. The summed E-state index contributed by atoms with van der Waals surface area (Å²) in [4.78, 5) is 10.8. The van der Waals surface area contributed by atoms with Gasteiger partial charge in [0.25, 0.3) is 0 Å². The zero-order chi connectivity index (χ0) is 15.4. The van der Waals surface area contributed by atoms with E-state index in [1.807, 2.05) is 32.0 Å². The van der Waals surface area contributed by atoms with Crippen molar-refractivity contribution < 1.29 is 4.74 Å². The first kappa shape index (κ1) is 14.6. The number of para-hydroxylation sites is 1. The third-order valence-corrected chi connectivity index (χ3v) is 3.86. The fourth-order valence-electron chi connectivity index (χ4n) is 2.75. The van der Waals surface area contributed by atoms with Gasteiger partial charge in [0.1, 0.15) is 17.9 Å². The molecule has 2 aromatic rings. The summed E-state index contributed by atoms with van der Waals surface area (Å²) in [6, 6.07) is 10.3. The number of aryl methyl sites for hydroxylation is 1. The smallest absolute Gasteiger partial charge is 0.132 e. The molecule has 114 valence electrons. The van der Waals surface area contributed by atoms with Crippen molar-refractivity contribution in [3.63, 3.8) is 0 Å². The summed E-state index contributed by atoms with van der Waals surface area (Å²) in [5.41, 5.74) is 3.57. The molecule has 2 heterocycles. The zero-order valence-electron chi connectivity index (χ0n) is 13.1. The molecule has 1 aliphatic rings. The van der Waals surface area contributed by atoms with Gasteiger partial charge in [-0.1, -0.05) is 24.3 Å². The highest BCUT2D eigenvalue weighted by molar-refractivity contribution is 5.72. The Morgan fingerprint density at radius 1 is 1.23 bits per heavy atom. The quantitative estimate of drug-likeness (QED) is 0.865. The van der Waals surface area contributed by atoms with E-state index in [9.17, 15) is 0 Å². The Labute approximate surface area is 131 Å². The molecule has 0 aliphatic carbocycles. The van der Waals surface area contributed by atoms with E-state index in [-0.39, 0.29) is 0 Å². The lowest BCUT2D eigenvalue weighted by atomic mass is 9.98. The van der Waals surface area contributed by atoms with Gasteiger partial charge < -0.3 is 9.64 Å². The van der Waals surface area contributed by atoms with Crippen LogP contribution in [0.1, 0.15) is 24.6 Å². The van der Waals surface area contributed by atoms with Crippen LogP contribution in [0.2, 0.25) is 0 Å². The van der Waals surface area contributed by atoms with E-state index in [0.29, 0.717) is 6.61 Å².